The largest absolute Gasteiger partial charge is 0.490 e. The van der Waals surface area contributed by atoms with Gasteiger partial charge in [0, 0.05) is 25.9 Å². The van der Waals surface area contributed by atoms with E-state index in [-0.39, 0.29) is 40.6 Å². The summed E-state index contributed by atoms with van der Waals surface area (Å²) in [6.45, 7) is -4.10. The fraction of sp³-hybridized carbons (Fsp3) is 0.475. The van der Waals surface area contributed by atoms with E-state index in [1.165, 1.54) is 27.1 Å². The smallest absolute Gasteiger partial charge is 0.449 e. The number of methoxy groups -OCH3 is 1. The van der Waals surface area contributed by atoms with Crippen LogP contribution in [0.4, 0.5) is 16.6 Å². The first-order valence-corrected chi connectivity index (χ1v) is 29.9. The van der Waals surface area contributed by atoms with Crippen molar-refractivity contribution in [1.82, 2.24) is 48.9 Å². The molecule has 0 saturated carbocycles. The molecule has 6 aromatic rings. The van der Waals surface area contributed by atoms with Gasteiger partial charge in [-0.3, -0.25) is 46.9 Å². The zero-order valence-electron chi connectivity index (χ0n) is 42.2. The standard InChI is InChI=1S/C40H51N13O25P4/c1-50-17-53(33-25(50)34(58)49-38(42)48-33)35-26(55)19(11-70-40(60)43-10-18-6-4-3-5-7-18)20(74-35)12-72-80(63,64)77-82(67,68)78-81(65,66)73-14-22-30(29(69-2)37(76-22)52-16-46-24-31(41)44-15-45-32(24)52)79(61,62)71-13-21-27(56)28(57)36(75-21)51-9-8-23(54)47-39(51)59/h3-9,15-17,19-22,26-30,35-37,55-57H,10-14H2,1-2H3,(H10-,41,42,43,44,45,47,48,49,54,58,59,60,61,62,63,64,65,66,67,68)/p+1/t19-,20-,21-,22-,26-,27-,28-,29-,30-,35-,36-,37-/m1/s1. The third kappa shape index (κ3) is 13.0. The second-order valence-electron chi connectivity index (χ2n) is 18.3. The van der Waals surface area contributed by atoms with Crippen LogP contribution in [0.2, 0.25) is 0 Å². The van der Waals surface area contributed by atoms with Gasteiger partial charge in [0.25, 0.3) is 17.1 Å². The summed E-state index contributed by atoms with van der Waals surface area (Å²) in [6.07, 6.45) is -13.5. The number of nitrogens with two attached hydrogens (primary N) is 2. The van der Waals surface area contributed by atoms with Crippen LogP contribution >= 0.6 is 31.1 Å². The SMILES string of the molecule is CO[C@@H]1[C@H](P(=O)(O)OC[C@H]2O[C@@H](n3ccc(=O)[nH]c3=O)[C@H](O)[C@@H]2O)[C@@H](COP(=O)(O)OP(=O)(O)OP(=O)(O)OC[C@H]2O[C@@H]([n+]3cn(C)c4c(=O)[nH]c(N)nc43)[C@H](O)[C@@H]2COC(=O)NCc2ccccc2)O[C@H]1n1cnc2c(N)ncnc21. The molecule has 5 aromatic heterocycles. The van der Waals surface area contributed by atoms with Crippen molar-refractivity contribution in [1.29, 1.82) is 0 Å². The Balaban J connectivity index is 0.886. The number of aromatic nitrogens is 10. The number of nitrogens with one attached hydrogen (secondary N) is 3. The zero-order chi connectivity index (χ0) is 59.2. The molecule has 3 aliphatic heterocycles. The van der Waals surface area contributed by atoms with Crippen molar-refractivity contribution in [2.45, 2.75) is 73.6 Å². The molecule has 38 nitrogen and oxygen atoms in total. The molecule has 4 unspecified atom stereocenters. The van der Waals surface area contributed by atoms with Crippen LogP contribution in [0.15, 0.2) is 76.0 Å². The Bertz CT molecular complexity index is 3720. The van der Waals surface area contributed by atoms with E-state index in [0.717, 1.165) is 36.6 Å². The van der Waals surface area contributed by atoms with E-state index in [2.05, 4.69) is 38.9 Å². The lowest BCUT2D eigenvalue weighted by molar-refractivity contribution is -0.745. The number of anilines is 2. The molecule has 1 aromatic carbocycles. The van der Waals surface area contributed by atoms with Gasteiger partial charge in [-0.05, 0) is 5.56 Å². The highest BCUT2D eigenvalue weighted by atomic mass is 31.3. The number of benzene rings is 1. The number of carbonyl (C=O) groups is 1. The monoisotopic (exact) mass is 1240 g/mol. The fourth-order valence-electron chi connectivity index (χ4n) is 9.27. The Morgan fingerprint density at radius 1 is 0.793 bits per heavy atom. The number of aliphatic hydroxyl groups is 3. The van der Waals surface area contributed by atoms with Crippen LogP contribution in [0.5, 0.6) is 0 Å². The quantitative estimate of drug-likeness (QED) is 0.0244. The first-order chi connectivity index (χ1) is 38.7. The second-order valence-corrected chi connectivity index (χ2v) is 25.0. The highest BCUT2D eigenvalue weighted by molar-refractivity contribution is 7.66. The third-order valence-electron chi connectivity index (χ3n) is 13.0. The Hall–Kier alpha value is -6.05. The Morgan fingerprint density at radius 2 is 1.46 bits per heavy atom. The summed E-state index contributed by atoms with van der Waals surface area (Å²) >= 11 is 0. The van der Waals surface area contributed by atoms with Gasteiger partial charge in [-0.25, -0.2) is 42.8 Å². The topological polar surface area (TPSA) is 536 Å². The molecule has 82 heavy (non-hydrogen) atoms. The van der Waals surface area contributed by atoms with Crippen LogP contribution in [-0.4, -0.2) is 167 Å². The van der Waals surface area contributed by atoms with Crippen molar-refractivity contribution in [3.8, 4) is 0 Å². The van der Waals surface area contributed by atoms with E-state index in [0.29, 0.717) is 5.56 Å². The zero-order valence-corrected chi connectivity index (χ0v) is 45.8. The summed E-state index contributed by atoms with van der Waals surface area (Å²) in [5, 5.41) is 35.7. The van der Waals surface area contributed by atoms with Crippen molar-refractivity contribution in [3.63, 3.8) is 0 Å². The minimum absolute atomic E-state index is 0.0210. The average Bonchev–Trinajstić information content (AvgIpc) is 3.70. The number of alkyl carbamates (subject to hydrolysis) is 1. The van der Waals surface area contributed by atoms with Gasteiger partial charge in [0.15, 0.2) is 30.2 Å². The molecule has 16 atom stereocenters. The summed E-state index contributed by atoms with van der Waals surface area (Å²) in [6, 6.07) is 9.58. The van der Waals surface area contributed by atoms with E-state index in [4.69, 9.17) is 48.7 Å². The summed E-state index contributed by atoms with van der Waals surface area (Å²) < 4.78 is 111. The van der Waals surface area contributed by atoms with Crippen LogP contribution in [-0.2, 0) is 77.7 Å². The highest BCUT2D eigenvalue weighted by Crippen LogP contribution is 2.68. The molecule has 0 spiro atoms. The van der Waals surface area contributed by atoms with Crippen LogP contribution in [0.1, 0.15) is 24.2 Å². The number of hydrogen-bond donors (Lipinski definition) is 12. The van der Waals surface area contributed by atoms with Crippen molar-refractivity contribution < 1.29 is 108 Å². The molecule has 0 bridgehead atoms. The van der Waals surface area contributed by atoms with Crippen molar-refractivity contribution >= 4 is 71.3 Å². The van der Waals surface area contributed by atoms with Crippen molar-refractivity contribution in [2.75, 3.05) is 45.0 Å². The summed E-state index contributed by atoms with van der Waals surface area (Å²) in [4.78, 5) is 114. The first kappa shape index (κ1) is 60.5. The minimum Gasteiger partial charge on any atom is -0.449 e. The number of fused-ring (bicyclic) bond motifs is 2. The normalized spacial score (nSPS) is 28.6. The average molecular weight is 1240 g/mol. The van der Waals surface area contributed by atoms with Crippen molar-refractivity contribution in [3.05, 3.63) is 98.3 Å². The molecule has 0 radical (unpaired) electrons. The Morgan fingerprint density at radius 3 is 2.15 bits per heavy atom. The number of H-pyrrole nitrogens is 2. The van der Waals surface area contributed by atoms with Crippen LogP contribution in [0, 0.1) is 5.92 Å². The van der Waals surface area contributed by atoms with Crippen molar-refractivity contribution in [2.24, 2.45) is 13.0 Å². The lowest BCUT2D eigenvalue weighted by atomic mass is 9.99. The summed E-state index contributed by atoms with van der Waals surface area (Å²) in [7, 11) is -21.1. The van der Waals surface area contributed by atoms with Gasteiger partial charge < -0.3 is 79.9 Å². The number of ether oxygens (including phenoxy) is 5. The van der Waals surface area contributed by atoms with Gasteiger partial charge >= 0.3 is 48.5 Å². The Labute approximate surface area is 457 Å². The Kier molecular flexibility index (Phi) is 17.6. The molecular weight excluding hydrogens is 1190 g/mol. The molecule has 9 rings (SSSR count). The predicted octanol–water partition coefficient (Wildman–Crippen LogP) is -2.63. The molecule has 3 fully saturated rings. The molecular formula is C40H52N13O25P4+. The van der Waals surface area contributed by atoms with E-state index in [1.54, 1.807) is 30.3 Å². The van der Waals surface area contributed by atoms with E-state index >= 15 is 0 Å². The lowest BCUT2D eigenvalue weighted by Gasteiger charge is -2.28. The van der Waals surface area contributed by atoms with E-state index < -0.39 is 153 Å². The number of amides is 1. The second kappa shape index (κ2) is 23.9. The molecule has 42 heteroatoms. The van der Waals surface area contributed by atoms with Crippen LogP contribution in [0.25, 0.3) is 22.3 Å². The van der Waals surface area contributed by atoms with Gasteiger partial charge in [0.2, 0.25) is 11.7 Å². The number of hydrogen-bond acceptors (Lipinski definition) is 27. The third-order valence-corrected chi connectivity index (χ3v) is 19.2. The van der Waals surface area contributed by atoms with Gasteiger partial charge in [0.05, 0.1) is 45.2 Å². The predicted molar refractivity (Wildman–Crippen MR) is 269 cm³/mol. The fourth-order valence-corrected chi connectivity index (χ4v) is 14.5. The molecule has 14 N–H and O–H groups in total. The number of imidazole rings is 2. The maximum atomic E-state index is 14.4. The number of nitrogen functional groups attached to an aromatic ring is 2. The summed E-state index contributed by atoms with van der Waals surface area (Å²) in [5.74, 6) is -1.78. The van der Waals surface area contributed by atoms with Gasteiger partial charge in [-0.15, -0.1) is 0 Å². The molecule has 446 valence electrons. The number of aliphatic hydroxyl groups excluding tert-OH is 3. The number of aromatic amines is 2. The molecule has 8 heterocycles. The van der Waals surface area contributed by atoms with Gasteiger partial charge in [-0.2, -0.15) is 8.62 Å². The number of phosphoric ester groups is 2. The minimum atomic E-state index is -6.29. The number of phosphoric acid groups is 3. The maximum absolute atomic E-state index is 14.4. The maximum Gasteiger partial charge on any atom is 0.490 e. The van der Waals surface area contributed by atoms with Gasteiger partial charge in [0.1, 0.15) is 60.7 Å². The van der Waals surface area contributed by atoms with Crippen LogP contribution in [0.3, 0.4) is 0 Å². The number of aryl methyl sites for hydroxylation is 1. The molecule has 3 saturated heterocycles. The summed E-state index contributed by atoms with van der Waals surface area (Å²) in [5.41, 5.74) is 7.78. The van der Waals surface area contributed by atoms with E-state index in [1.807, 2.05) is 4.98 Å². The lowest BCUT2D eigenvalue weighted by Crippen LogP contribution is -2.46. The number of carbonyl (C=O) groups excluding carboxylic acids is 1. The molecule has 1 amide bonds. The first-order valence-electron chi connectivity index (χ1n) is 23.8. The van der Waals surface area contributed by atoms with Crippen LogP contribution < -0.4 is 38.2 Å². The number of nitrogens with zero attached hydrogens (tertiary/aromatic N) is 8. The van der Waals surface area contributed by atoms with E-state index in [9.17, 15) is 72.3 Å². The number of rotatable bonds is 22. The molecule has 0 aliphatic carbocycles. The van der Waals surface area contributed by atoms with Gasteiger partial charge in [-0.1, -0.05) is 35.3 Å². The highest BCUT2D eigenvalue weighted by Gasteiger charge is 2.58. The molecule has 3 aliphatic rings.